The molecule has 8 heteroatoms. The van der Waals surface area contributed by atoms with Crippen molar-refractivity contribution < 1.29 is 22.7 Å². The molecule has 0 aliphatic heterocycles. The maximum atomic E-state index is 12.9. The number of sulfone groups is 1. The van der Waals surface area contributed by atoms with E-state index in [4.69, 9.17) is 4.74 Å². The predicted molar refractivity (Wildman–Crippen MR) is 136 cm³/mol. The molecule has 0 aliphatic rings. The van der Waals surface area contributed by atoms with Gasteiger partial charge in [-0.2, -0.15) is 0 Å². The highest BCUT2D eigenvalue weighted by atomic mass is 32.2. The third-order valence-corrected chi connectivity index (χ3v) is 6.66. The number of rotatable bonds is 7. The van der Waals surface area contributed by atoms with E-state index in [1.807, 2.05) is 6.07 Å². The predicted octanol–water partition coefficient (Wildman–Crippen LogP) is 5.28. The number of ether oxygens (including phenoxy) is 1. The second kappa shape index (κ2) is 10.7. The number of carbonyl (C=O) groups is 2. The second-order valence-electron chi connectivity index (χ2n) is 9.26. The van der Waals surface area contributed by atoms with E-state index in [0.717, 1.165) is 5.56 Å². The Kier molecular flexibility index (Phi) is 7.96. The second-order valence-corrected chi connectivity index (χ2v) is 11.3. The van der Waals surface area contributed by atoms with Crippen LogP contribution in [0.2, 0.25) is 0 Å². The number of hydrogen-bond acceptors (Lipinski definition) is 5. The first-order chi connectivity index (χ1) is 16.4. The minimum Gasteiger partial charge on any atom is -0.444 e. The SMILES string of the molecule is CN(Cc1cccc(NC(=O)c2cccc(CS(=O)(=O)c3ccccc3)c2)c1)C(=O)OC(C)(C)C. The first-order valence-corrected chi connectivity index (χ1v) is 12.8. The van der Waals surface area contributed by atoms with Gasteiger partial charge in [-0.15, -0.1) is 0 Å². The molecule has 7 nitrogen and oxygen atoms in total. The quantitative estimate of drug-likeness (QED) is 0.482. The van der Waals surface area contributed by atoms with Gasteiger partial charge in [0.15, 0.2) is 9.84 Å². The van der Waals surface area contributed by atoms with Gasteiger partial charge >= 0.3 is 6.09 Å². The van der Waals surface area contributed by atoms with Gasteiger partial charge in [-0.1, -0.05) is 42.5 Å². The van der Waals surface area contributed by atoms with Crippen molar-refractivity contribution in [1.82, 2.24) is 4.90 Å². The van der Waals surface area contributed by atoms with Crippen molar-refractivity contribution in [2.45, 2.75) is 43.6 Å². The Morgan fingerprint density at radius 3 is 2.23 bits per heavy atom. The maximum absolute atomic E-state index is 12.9. The number of nitrogens with zero attached hydrogens (tertiary/aromatic N) is 1. The van der Waals surface area contributed by atoms with Gasteiger partial charge in [-0.25, -0.2) is 13.2 Å². The lowest BCUT2D eigenvalue weighted by Gasteiger charge is -2.24. The highest BCUT2D eigenvalue weighted by Crippen LogP contribution is 2.19. The molecule has 35 heavy (non-hydrogen) atoms. The van der Waals surface area contributed by atoms with Crippen LogP contribution in [0.3, 0.4) is 0 Å². The van der Waals surface area contributed by atoms with Crippen LogP contribution < -0.4 is 5.32 Å². The molecule has 0 radical (unpaired) electrons. The molecule has 3 rings (SSSR count). The van der Waals surface area contributed by atoms with Crippen LogP contribution in [0.25, 0.3) is 0 Å². The van der Waals surface area contributed by atoms with Crippen LogP contribution in [0.4, 0.5) is 10.5 Å². The third-order valence-electron chi connectivity index (χ3n) is 4.96. The highest BCUT2D eigenvalue weighted by Gasteiger charge is 2.20. The van der Waals surface area contributed by atoms with E-state index >= 15 is 0 Å². The fraction of sp³-hybridized carbons (Fsp3) is 0.259. The summed E-state index contributed by atoms with van der Waals surface area (Å²) in [7, 11) is -1.88. The summed E-state index contributed by atoms with van der Waals surface area (Å²) >= 11 is 0. The van der Waals surface area contributed by atoms with Crippen LogP contribution in [-0.2, 0) is 26.9 Å². The lowest BCUT2D eigenvalue weighted by atomic mass is 10.1. The zero-order chi connectivity index (χ0) is 25.6. The Morgan fingerprint density at radius 1 is 0.886 bits per heavy atom. The van der Waals surface area contributed by atoms with Crippen molar-refractivity contribution in [3.8, 4) is 0 Å². The summed E-state index contributed by atoms with van der Waals surface area (Å²) < 4.78 is 30.7. The Morgan fingerprint density at radius 2 is 1.54 bits per heavy atom. The van der Waals surface area contributed by atoms with Gasteiger partial charge in [0.05, 0.1) is 10.6 Å². The normalized spacial score (nSPS) is 11.5. The van der Waals surface area contributed by atoms with Crippen molar-refractivity contribution in [3.63, 3.8) is 0 Å². The molecule has 0 bridgehead atoms. The van der Waals surface area contributed by atoms with Crippen molar-refractivity contribution >= 4 is 27.5 Å². The Labute approximate surface area is 206 Å². The summed E-state index contributed by atoms with van der Waals surface area (Å²) in [6, 6.07) is 22.0. The van der Waals surface area contributed by atoms with Crippen LogP contribution in [0, 0.1) is 0 Å². The third kappa shape index (κ3) is 7.68. The molecule has 0 fully saturated rings. The summed E-state index contributed by atoms with van der Waals surface area (Å²) in [5, 5.41) is 2.84. The van der Waals surface area contributed by atoms with Crippen LogP contribution >= 0.6 is 0 Å². The molecule has 0 aromatic heterocycles. The minimum absolute atomic E-state index is 0.204. The van der Waals surface area contributed by atoms with E-state index in [1.54, 1.807) is 101 Å². The number of nitrogens with one attached hydrogen (secondary N) is 1. The average molecular weight is 495 g/mol. The molecular weight excluding hydrogens is 464 g/mol. The minimum atomic E-state index is -3.52. The van der Waals surface area contributed by atoms with Crippen molar-refractivity contribution in [2.75, 3.05) is 12.4 Å². The van der Waals surface area contributed by atoms with Gasteiger partial charge in [-0.3, -0.25) is 4.79 Å². The van der Waals surface area contributed by atoms with Crippen LogP contribution in [-0.4, -0.2) is 38.0 Å². The molecule has 0 aliphatic carbocycles. The van der Waals surface area contributed by atoms with E-state index in [0.29, 0.717) is 23.4 Å². The molecule has 184 valence electrons. The van der Waals surface area contributed by atoms with Gasteiger partial charge in [0.25, 0.3) is 5.91 Å². The van der Waals surface area contributed by atoms with Crippen molar-refractivity contribution in [2.24, 2.45) is 0 Å². The molecule has 0 saturated heterocycles. The monoisotopic (exact) mass is 494 g/mol. The Bertz CT molecular complexity index is 1300. The van der Waals surface area contributed by atoms with Crippen LogP contribution in [0.5, 0.6) is 0 Å². The Balaban J connectivity index is 1.68. The van der Waals surface area contributed by atoms with Crippen LogP contribution in [0.15, 0.2) is 83.8 Å². The molecule has 0 heterocycles. The largest absolute Gasteiger partial charge is 0.444 e. The lowest BCUT2D eigenvalue weighted by molar-refractivity contribution is 0.0285. The zero-order valence-electron chi connectivity index (χ0n) is 20.3. The zero-order valence-corrected chi connectivity index (χ0v) is 21.1. The van der Waals surface area contributed by atoms with E-state index in [2.05, 4.69) is 5.32 Å². The topological polar surface area (TPSA) is 92.8 Å². The van der Waals surface area contributed by atoms with E-state index in [9.17, 15) is 18.0 Å². The molecule has 0 saturated carbocycles. The highest BCUT2D eigenvalue weighted by molar-refractivity contribution is 7.90. The van der Waals surface area contributed by atoms with Gasteiger partial charge in [-0.05, 0) is 68.3 Å². The molecular formula is C27H30N2O5S. The number of benzene rings is 3. The van der Waals surface area contributed by atoms with E-state index in [1.165, 1.54) is 4.90 Å². The number of carbonyl (C=O) groups excluding carboxylic acids is 2. The fourth-order valence-electron chi connectivity index (χ4n) is 3.36. The summed E-state index contributed by atoms with van der Waals surface area (Å²) in [5.41, 5.74) is 1.67. The summed E-state index contributed by atoms with van der Waals surface area (Å²) in [4.78, 5) is 26.8. The van der Waals surface area contributed by atoms with Gasteiger partial charge in [0.2, 0.25) is 0 Å². The standard InChI is InChI=1S/C27H30N2O5S/c1-27(2,3)34-26(31)29(4)18-20-10-9-13-23(17-20)28-25(30)22-12-8-11-21(16-22)19-35(32,33)24-14-6-5-7-15-24/h5-17H,18-19H2,1-4H3,(H,28,30). The van der Waals surface area contributed by atoms with E-state index < -0.39 is 21.5 Å². The van der Waals surface area contributed by atoms with E-state index in [-0.39, 0.29) is 16.6 Å². The molecule has 0 atom stereocenters. The number of anilines is 1. The average Bonchev–Trinajstić information content (AvgIpc) is 2.78. The smallest absolute Gasteiger partial charge is 0.410 e. The lowest BCUT2D eigenvalue weighted by Crippen LogP contribution is -2.33. The molecule has 3 aromatic rings. The van der Waals surface area contributed by atoms with Gasteiger partial charge in [0, 0.05) is 24.8 Å². The fourth-order valence-corrected chi connectivity index (χ4v) is 4.72. The maximum Gasteiger partial charge on any atom is 0.410 e. The van der Waals surface area contributed by atoms with Crippen molar-refractivity contribution in [3.05, 3.63) is 95.6 Å². The van der Waals surface area contributed by atoms with Crippen LogP contribution in [0.1, 0.15) is 42.3 Å². The Hall–Kier alpha value is -3.65. The summed E-state index contributed by atoms with van der Waals surface area (Å²) in [5.74, 6) is -0.563. The molecule has 2 amide bonds. The van der Waals surface area contributed by atoms with Gasteiger partial charge in [0.1, 0.15) is 5.60 Å². The summed E-state index contributed by atoms with van der Waals surface area (Å²) in [6.07, 6.45) is -0.436. The molecule has 0 spiro atoms. The number of amides is 2. The van der Waals surface area contributed by atoms with Crippen molar-refractivity contribution in [1.29, 1.82) is 0 Å². The first kappa shape index (κ1) is 26.0. The van der Waals surface area contributed by atoms with Gasteiger partial charge < -0.3 is 15.0 Å². The molecule has 1 N–H and O–H groups in total. The first-order valence-electron chi connectivity index (χ1n) is 11.1. The molecule has 0 unspecified atom stereocenters. The summed E-state index contributed by atoms with van der Waals surface area (Å²) in [6.45, 7) is 5.73. The molecule has 3 aromatic carbocycles. The number of hydrogen-bond donors (Lipinski definition) is 1.